The number of hydrazone groups is 1. The Bertz CT molecular complexity index is 525. The number of fused-ring (bicyclic) bond motifs is 1. The van der Waals surface area contributed by atoms with Crippen LogP contribution in [0.3, 0.4) is 0 Å². The van der Waals surface area contributed by atoms with Gasteiger partial charge in [-0.3, -0.25) is 5.01 Å². The van der Waals surface area contributed by atoms with E-state index in [2.05, 4.69) is 78.7 Å². The first kappa shape index (κ1) is 12.2. The molecule has 0 saturated heterocycles. The number of nitrogens with zero attached hydrogens (tertiary/aromatic N) is 2. The van der Waals surface area contributed by atoms with Crippen LogP contribution in [-0.4, -0.2) is 17.3 Å². The molecular formula is C17H20N2. The molecule has 1 aromatic rings. The number of rotatable bonds is 3. The highest BCUT2D eigenvalue weighted by Gasteiger charge is 2.29. The summed E-state index contributed by atoms with van der Waals surface area (Å²) in [5, 5.41) is 6.77. The Balaban J connectivity index is 1.73. The second-order valence-corrected chi connectivity index (χ2v) is 5.60. The molecule has 1 aromatic carbocycles. The molecule has 98 valence electrons. The van der Waals surface area contributed by atoms with Crippen LogP contribution in [-0.2, 0) is 6.54 Å². The van der Waals surface area contributed by atoms with Gasteiger partial charge in [0.25, 0.3) is 0 Å². The average molecular weight is 252 g/mol. The quantitative estimate of drug-likeness (QED) is 0.802. The van der Waals surface area contributed by atoms with E-state index in [9.17, 15) is 0 Å². The highest BCUT2D eigenvalue weighted by atomic mass is 15.5. The van der Waals surface area contributed by atoms with Crippen molar-refractivity contribution in [1.82, 2.24) is 5.01 Å². The van der Waals surface area contributed by atoms with Crippen LogP contribution in [0.2, 0.25) is 0 Å². The van der Waals surface area contributed by atoms with Gasteiger partial charge in [-0.2, -0.15) is 5.10 Å². The van der Waals surface area contributed by atoms with Gasteiger partial charge in [-0.05, 0) is 17.1 Å². The summed E-state index contributed by atoms with van der Waals surface area (Å²) < 4.78 is 0. The van der Waals surface area contributed by atoms with E-state index < -0.39 is 0 Å². The van der Waals surface area contributed by atoms with E-state index in [1.807, 2.05) is 0 Å². The van der Waals surface area contributed by atoms with Crippen molar-refractivity contribution in [2.75, 3.05) is 0 Å². The Morgan fingerprint density at radius 2 is 2.00 bits per heavy atom. The van der Waals surface area contributed by atoms with Crippen LogP contribution in [0.15, 0.2) is 59.2 Å². The predicted molar refractivity (Wildman–Crippen MR) is 79.8 cm³/mol. The van der Waals surface area contributed by atoms with Gasteiger partial charge in [0.05, 0.1) is 12.6 Å². The lowest BCUT2D eigenvalue weighted by Gasteiger charge is -2.27. The zero-order valence-corrected chi connectivity index (χ0v) is 11.5. The molecule has 0 radical (unpaired) electrons. The third kappa shape index (κ3) is 2.48. The fourth-order valence-electron chi connectivity index (χ4n) is 2.68. The van der Waals surface area contributed by atoms with Crippen molar-refractivity contribution in [3.63, 3.8) is 0 Å². The molecule has 2 unspecified atom stereocenters. The third-order valence-electron chi connectivity index (χ3n) is 3.85. The number of allylic oxidation sites excluding steroid dienone is 2. The second-order valence-electron chi connectivity index (χ2n) is 5.60. The number of hydrogen-bond acceptors (Lipinski definition) is 2. The number of benzene rings is 1. The first-order chi connectivity index (χ1) is 9.24. The number of hydrogen-bond donors (Lipinski definition) is 0. The summed E-state index contributed by atoms with van der Waals surface area (Å²) in [5.41, 5.74) is 2.74. The minimum absolute atomic E-state index is 0.391. The van der Waals surface area contributed by atoms with Crippen LogP contribution in [0.25, 0.3) is 0 Å². The molecule has 0 bridgehead atoms. The molecule has 2 aliphatic rings. The molecule has 0 amide bonds. The van der Waals surface area contributed by atoms with E-state index in [0.717, 1.165) is 6.54 Å². The van der Waals surface area contributed by atoms with E-state index in [1.165, 1.54) is 11.1 Å². The van der Waals surface area contributed by atoms with Gasteiger partial charge in [0, 0.05) is 12.1 Å². The molecule has 0 spiro atoms. The van der Waals surface area contributed by atoms with E-state index >= 15 is 0 Å². The van der Waals surface area contributed by atoms with Crippen molar-refractivity contribution in [2.24, 2.45) is 16.9 Å². The van der Waals surface area contributed by atoms with Crippen LogP contribution >= 0.6 is 0 Å². The molecule has 2 atom stereocenters. The molecule has 3 rings (SSSR count). The highest BCUT2D eigenvalue weighted by Crippen LogP contribution is 2.29. The van der Waals surface area contributed by atoms with E-state index in [0.29, 0.717) is 17.9 Å². The van der Waals surface area contributed by atoms with Crippen LogP contribution < -0.4 is 0 Å². The first-order valence-corrected chi connectivity index (χ1v) is 6.98. The molecule has 1 aliphatic carbocycles. The maximum absolute atomic E-state index is 4.58. The van der Waals surface area contributed by atoms with Crippen molar-refractivity contribution in [3.05, 3.63) is 59.7 Å². The minimum atomic E-state index is 0.391. The lowest BCUT2D eigenvalue weighted by atomic mass is 9.88. The molecule has 0 aromatic heterocycles. The van der Waals surface area contributed by atoms with Crippen molar-refractivity contribution in [3.8, 4) is 0 Å². The molecule has 0 N–H and O–H groups in total. The van der Waals surface area contributed by atoms with Gasteiger partial charge in [-0.15, -0.1) is 0 Å². The molecule has 0 fully saturated rings. The van der Waals surface area contributed by atoms with Crippen LogP contribution in [0.5, 0.6) is 0 Å². The van der Waals surface area contributed by atoms with Crippen molar-refractivity contribution in [1.29, 1.82) is 0 Å². The van der Waals surface area contributed by atoms with Crippen molar-refractivity contribution in [2.45, 2.75) is 26.4 Å². The van der Waals surface area contributed by atoms with Gasteiger partial charge in [-0.25, -0.2) is 0 Å². The second kappa shape index (κ2) is 5.04. The molecule has 2 nitrogen and oxygen atoms in total. The van der Waals surface area contributed by atoms with Gasteiger partial charge in [0.1, 0.15) is 0 Å². The Labute approximate surface area is 115 Å². The van der Waals surface area contributed by atoms with Gasteiger partial charge in [-0.1, -0.05) is 62.4 Å². The summed E-state index contributed by atoms with van der Waals surface area (Å²) in [4.78, 5) is 0. The van der Waals surface area contributed by atoms with Gasteiger partial charge in [0.2, 0.25) is 0 Å². The Morgan fingerprint density at radius 3 is 2.74 bits per heavy atom. The van der Waals surface area contributed by atoms with Crippen LogP contribution in [0, 0.1) is 11.8 Å². The first-order valence-electron chi connectivity index (χ1n) is 6.98. The van der Waals surface area contributed by atoms with E-state index in [-0.39, 0.29) is 0 Å². The monoisotopic (exact) mass is 252 g/mol. The van der Waals surface area contributed by atoms with Crippen LogP contribution in [0.4, 0.5) is 0 Å². The Hall–Kier alpha value is -1.83. The standard InChI is InChI=1S/C17H20N2/c1-13(2)15-8-9-17-16(10-15)11-18-19(17)12-14-6-4-3-5-7-14/h3-11,13,16-17H,12H2,1-2H3. The third-order valence-corrected chi connectivity index (χ3v) is 3.85. The molecule has 1 aliphatic heterocycles. The zero-order chi connectivity index (χ0) is 13.2. The average Bonchev–Trinajstić information content (AvgIpc) is 2.82. The van der Waals surface area contributed by atoms with Gasteiger partial charge in [0.15, 0.2) is 0 Å². The zero-order valence-electron chi connectivity index (χ0n) is 11.5. The maximum Gasteiger partial charge on any atom is 0.0770 e. The molecule has 19 heavy (non-hydrogen) atoms. The van der Waals surface area contributed by atoms with Crippen molar-refractivity contribution >= 4 is 6.21 Å². The summed E-state index contributed by atoms with van der Waals surface area (Å²) in [6.45, 7) is 5.36. The molecule has 0 saturated carbocycles. The SMILES string of the molecule is CC(C)C1=CC2C=NN(Cc3ccccc3)C2C=C1. The summed E-state index contributed by atoms with van der Waals surface area (Å²) in [6, 6.07) is 10.9. The maximum atomic E-state index is 4.58. The summed E-state index contributed by atoms with van der Waals surface area (Å²) in [5.74, 6) is 1.03. The summed E-state index contributed by atoms with van der Waals surface area (Å²) >= 11 is 0. The van der Waals surface area contributed by atoms with Crippen molar-refractivity contribution < 1.29 is 0 Å². The van der Waals surface area contributed by atoms with Gasteiger partial charge >= 0.3 is 0 Å². The summed E-state index contributed by atoms with van der Waals surface area (Å²) in [6.07, 6.45) is 9.01. The molecular weight excluding hydrogens is 232 g/mol. The fraction of sp³-hybridized carbons (Fsp3) is 0.353. The highest BCUT2D eigenvalue weighted by molar-refractivity contribution is 5.68. The largest absolute Gasteiger partial charge is 0.285 e. The lowest BCUT2D eigenvalue weighted by molar-refractivity contribution is 0.240. The van der Waals surface area contributed by atoms with Gasteiger partial charge < -0.3 is 0 Å². The molecule has 1 heterocycles. The lowest BCUT2D eigenvalue weighted by Crippen LogP contribution is -2.31. The smallest absolute Gasteiger partial charge is 0.0770 e. The predicted octanol–water partition coefficient (Wildman–Crippen LogP) is 3.63. The normalized spacial score (nSPS) is 24.8. The fourth-order valence-corrected chi connectivity index (χ4v) is 2.68. The Kier molecular flexibility index (Phi) is 3.24. The summed E-state index contributed by atoms with van der Waals surface area (Å²) in [7, 11) is 0. The van der Waals surface area contributed by atoms with E-state index in [4.69, 9.17) is 0 Å². The van der Waals surface area contributed by atoms with E-state index in [1.54, 1.807) is 0 Å². The minimum Gasteiger partial charge on any atom is -0.285 e. The molecule has 2 heteroatoms. The Morgan fingerprint density at radius 1 is 1.21 bits per heavy atom. The topological polar surface area (TPSA) is 15.6 Å². The van der Waals surface area contributed by atoms with Crippen LogP contribution in [0.1, 0.15) is 19.4 Å².